The molecule has 0 radical (unpaired) electrons. The van der Waals surface area contributed by atoms with Crippen LogP contribution in [0, 0.1) is 0 Å². The zero-order valence-electron chi connectivity index (χ0n) is 5.71. The van der Waals surface area contributed by atoms with Gasteiger partial charge in [0, 0.05) is 0 Å². The molecule has 0 saturated heterocycles. The Morgan fingerprint density at radius 3 is 2.60 bits per heavy atom. The van der Waals surface area contributed by atoms with Gasteiger partial charge in [-0.2, -0.15) is 0 Å². The van der Waals surface area contributed by atoms with Gasteiger partial charge in [-0.1, -0.05) is 12.1 Å². The summed E-state index contributed by atoms with van der Waals surface area (Å²) < 4.78 is 0. The van der Waals surface area contributed by atoms with Crippen LogP contribution in [-0.4, -0.2) is 5.11 Å². The van der Waals surface area contributed by atoms with Crippen molar-refractivity contribution in [1.82, 2.24) is 0 Å². The number of phenolic OH excluding ortho intramolecular Hbond substituents is 1. The first-order valence-electron chi connectivity index (χ1n) is 3.13. The van der Waals surface area contributed by atoms with Crippen molar-refractivity contribution < 1.29 is 5.11 Å². The Morgan fingerprint density at radius 1 is 1.50 bits per heavy atom. The summed E-state index contributed by atoms with van der Waals surface area (Å²) in [5.41, 5.74) is 0.946. The van der Waals surface area contributed by atoms with Crippen LogP contribution in [0.1, 0.15) is 17.9 Å². The molecule has 1 rings (SSSR count). The molecule has 0 fully saturated rings. The van der Waals surface area contributed by atoms with E-state index in [1.165, 1.54) is 0 Å². The molecule has 1 aromatic rings. The summed E-state index contributed by atoms with van der Waals surface area (Å²) >= 11 is 5.76. The summed E-state index contributed by atoms with van der Waals surface area (Å²) in [7, 11) is 0. The molecule has 0 bridgehead atoms. The number of phenols is 1. The highest BCUT2D eigenvalue weighted by Crippen LogP contribution is 2.22. The van der Waals surface area contributed by atoms with E-state index >= 15 is 0 Å². The van der Waals surface area contributed by atoms with Crippen molar-refractivity contribution in [2.24, 2.45) is 0 Å². The average molecular weight is 157 g/mol. The van der Waals surface area contributed by atoms with Crippen LogP contribution in [0.3, 0.4) is 0 Å². The van der Waals surface area contributed by atoms with Crippen LogP contribution in [0.15, 0.2) is 24.3 Å². The molecule has 0 saturated carbocycles. The van der Waals surface area contributed by atoms with Gasteiger partial charge >= 0.3 is 0 Å². The highest BCUT2D eigenvalue weighted by molar-refractivity contribution is 6.20. The molecule has 1 aromatic carbocycles. The van der Waals surface area contributed by atoms with E-state index in [2.05, 4.69) is 0 Å². The number of hydrogen-bond acceptors (Lipinski definition) is 1. The van der Waals surface area contributed by atoms with Crippen molar-refractivity contribution in [3.8, 4) is 5.75 Å². The van der Waals surface area contributed by atoms with Gasteiger partial charge in [-0.25, -0.2) is 0 Å². The summed E-state index contributed by atoms with van der Waals surface area (Å²) in [6, 6.07) is 6.96. The van der Waals surface area contributed by atoms with Gasteiger partial charge in [-0.15, -0.1) is 11.6 Å². The normalized spacial score (nSPS) is 13.0. The minimum Gasteiger partial charge on any atom is -0.508 e. The molecular weight excluding hydrogens is 148 g/mol. The van der Waals surface area contributed by atoms with E-state index in [0.717, 1.165) is 5.56 Å². The number of benzene rings is 1. The fraction of sp³-hybridized carbons (Fsp3) is 0.250. The largest absolute Gasteiger partial charge is 0.508 e. The molecular formula is C8H9ClO. The van der Waals surface area contributed by atoms with E-state index in [-0.39, 0.29) is 11.1 Å². The number of hydrogen-bond donors (Lipinski definition) is 1. The molecule has 0 aliphatic heterocycles. The third-order valence-electron chi connectivity index (χ3n) is 1.33. The maximum atomic E-state index is 9.00. The minimum atomic E-state index is -0.0351. The summed E-state index contributed by atoms with van der Waals surface area (Å²) in [5, 5.41) is 8.97. The lowest BCUT2D eigenvalue weighted by Gasteiger charge is -2.01. The first kappa shape index (κ1) is 7.42. The minimum absolute atomic E-state index is 0.0351. The van der Waals surface area contributed by atoms with Gasteiger partial charge in [0.25, 0.3) is 0 Å². The highest BCUT2D eigenvalue weighted by atomic mass is 35.5. The molecule has 0 aromatic heterocycles. The predicted octanol–water partition coefficient (Wildman–Crippen LogP) is 2.69. The van der Waals surface area contributed by atoms with Crippen molar-refractivity contribution in [1.29, 1.82) is 0 Å². The zero-order chi connectivity index (χ0) is 7.56. The highest BCUT2D eigenvalue weighted by Gasteiger charge is 1.99. The number of rotatable bonds is 1. The van der Waals surface area contributed by atoms with Crippen LogP contribution >= 0.6 is 11.6 Å². The van der Waals surface area contributed by atoms with E-state index in [0.29, 0.717) is 0 Å². The summed E-state index contributed by atoms with van der Waals surface area (Å²) in [6.45, 7) is 1.87. The topological polar surface area (TPSA) is 20.2 Å². The van der Waals surface area contributed by atoms with Crippen LogP contribution in [0.5, 0.6) is 5.75 Å². The van der Waals surface area contributed by atoms with E-state index in [1.807, 2.05) is 13.0 Å². The van der Waals surface area contributed by atoms with Crippen molar-refractivity contribution in [2.75, 3.05) is 0 Å². The fourth-order valence-electron chi connectivity index (χ4n) is 0.772. The number of alkyl halides is 1. The Labute approximate surface area is 65.3 Å². The molecule has 0 aliphatic rings. The van der Waals surface area contributed by atoms with E-state index in [9.17, 15) is 0 Å². The lowest BCUT2D eigenvalue weighted by atomic mass is 10.2. The number of aromatic hydroxyl groups is 1. The molecule has 0 spiro atoms. The molecule has 0 amide bonds. The second-order valence-corrected chi connectivity index (χ2v) is 2.87. The van der Waals surface area contributed by atoms with Crippen LogP contribution in [0.2, 0.25) is 0 Å². The molecule has 1 N–H and O–H groups in total. The van der Waals surface area contributed by atoms with Gasteiger partial charge in [-0.3, -0.25) is 0 Å². The lowest BCUT2D eigenvalue weighted by Crippen LogP contribution is -1.81. The average Bonchev–Trinajstić information content (AvgIpc) is 1.88. The third-order valence-corrected chi connectivity index (χ3v) is 1.58. The Kier molecular flexibility index (Phi) is 2.17. The maximum absolute atomic E-state index is 9.00. The van der Waals surface area contributed by atoms with Gasteiger partial charge in [0.2, 0.25) is 0 Å². The Hall–Kier alpha value is -0.690. The van der Waals surface area contributed by atoms with Gasteiger partial charge in [0.15, 0.2) is 0 Å². The number of halogens is 1. The molecule has 10 heavy (non-hydrogen) atoms. The molecule has 54 valence electrons. The van der Waals surface area contributed by atoms with E-state index in [1.54, 1.807) is 18.2 Å². The van der Waals surface area contributed by atoms with Crippen molar-refractivity contribution in [2.45, 2.75) is 12.3 Å². The lowest BCUT2D eigenvalue weighted by molar-refractivity contribution is 0.474. The standard InChI is InChI=1S/C8H9ClO/c1-6(9)7-3-2-4-8(10)5-7/h2-6,10H,1H3. The zero-order valence-corrected chi connectivity index (χ0v) is 6.47. The monoisotopic (exact) mass is 156 g/mol. The van der Waals surface area contributed by atoms with Gasteiger partial charge in [0.1, 0.15) is 5.75 Å². The fourth-order valence-corrected chi connectivity index (χ4v) is 0.908. The molecule has 0 aliphatic carbocycles. The first-order chi connectivity index (χ1) is 4.70. The molecule has 2 heteroatoms. The van der Waals surface area contributed by atoms with Gasteiger partial charge < -0.3 is 5.11 Å². The molecule has 1 nitrogen and oxygen atoms in total. The Balaban J connectivity index is 2.96. The van der Waals surface area contributed by atoms with Crippen LogP contribution in [-0.2, 0) is 0 Å². The van der Waals surface area contributed by atoms with Crippen LogP contribution < -0.4 is 0 Å². The smallest absolute Gasteiger partial charge is 0.115 e. The van der Waals surface area contributed by atoms with Crippen molar-refractivity contribution in [3.05, 3.63) is 29.8 Å². The summed E-state index contributed by atoms with van der Waals surface area (Å²) in [5.74, 6) is 0.269. The second kappa shape index (κ2) is 2.93. The Morgan fingerprint density at radius 2 is 2.20 bits per heavy atom. The summed E-state index contributed by atoms with van der Waals surface area (Å²) in [6.07, 6.45) is 0. The van der Waals surface area contributed by atoms with E-state index in [4.69, 9.17) is 16.7 Å². The SMILES string of the molecule is CC(Cl)c1cccc(O)c1. The van der Waals surface area contributed by atoms with Crippen LogP contribution in [0.25, 0.3) is 0 Å². The molecule has 1 unspecified atom stereocenters. The van der Waals surface area contributed by atoms with Crippen molar-refractivity contribution in [3.63, 3.8) is 0 Å². The molecule has 1 atom stereocenters. The van der Waals surface area contributed by atoms with Gasteiger partial charge in [0.05, 0.1) is 5.38 Å². The first-order valence-corrected chi connectivity index (χ1v) is 3.57. The maximum Gasteiger partial charge on any atom is 0.115 e. The van der Waals surface area contributed by atoms with E-state index < -0.39 is 0 Å². The quantitative estimate of drug-likeness (QED) is 0.620. The van der Waals surface area contributed by atoms with Crippen LogP contribution in [0.4, 0.5) is 0 Å². The second-order valence-electron chi connectivity index (χ2n) is 2.21. The molecule has 0 heterocycles. The predicted molar refractivity (Wildman–Crippen MR) is 42.4 cm³/mol. The summed E-state index contributed by atoms with van der Waals surface area (Å²) in [4.78, 5) is 0. The third kappa shape index (κ3) is 1.64. The Bertz CT molecular complexity index is 220. The van der Waals surface area contributed by atoms with Crippen molar-refractivity contribution >= 4 is 11.6 Å². The van der Waals surface area contributed by atoms with Gasteiger partial charge in [-0.05, 0) is 24.6 Å².